The van der Waals surface area contributed by atoms with Gasteiger partial charge in [-0.15, -0.1) is 0 Å². The number of rotatable bonds is 4. The van der Waals surface area contributed by atoms with Crippen molar-refractivity contribution < 1.29 is 14.3 Å². The van der Waals surface area contributed by atoms with Crippen LogP contribution in [0.4, 0.5) is 0 Å². The van der Waals surface area contributed by atoms with Crippen molar-refractivity contribution in [2.24, 2.45) is 7.05 Å². The number of hydrogen-bond donors (Lipinski definition) is 0. The van der Waals surface area contributed by atoms with E-state index in [1.165, 1.54) is 0 Å². The molecule has 1 heterocycles. The molecule has 94 valence electrons. The number of nitrogens with zero attached hydrogens (tertiary/aromatic N) is 2. The molecule has 0 unspecified atom stereocenters. The van der Waals surface area contributed by atoms with Gasteiger partial charge in [-0.1, -0.05) is 0 Å². The van der Waals surface area contributed by atoms with Gasteiger partial charge in [0.2, 0.25) is 0 Å². The summed E-state index contributed by atoms with van der Waals surface area (Å²) in [7, 11) is 5.01. The SMILES string of the molecule is COc1ccc(-c2nc(C=O)cn2C)cc1OC. The normalized spacial score (nSPS) is 10.2. The predicted molar refractivity (Wildman–Crippen MR) is 67.1 cm³/mol. The first-order valence-electron chi connectivity index (χ1n) is 5.40. The molecule has 1 aromatic carbocycles. The summed E-state index contributed by atoms with van der Waals surface area (Å²) in [5.41, 5.74) is 1.27. The third kappa shape index (κ3) is 2.07. The van der Waals surface area contributed by atoms with Crippen LogP contribution >= 0.6 is 0 Å². The Morgan fingerprint density at radius 3 is 2.50 bits per heavy atom. The highest BCUT2D eigenvalue weighted by Gasteiger charge is 2.11. The van der Waals surface area contributed by atoms with Crippen LogP contribution in [0.25, 0.3) is 11.4 Å². The van der Waals surface area contributed by atoms with Crippen LogP contribution in [0.2, 0.25) is 0 Å². The molecule has 0 aliphatic carbocycles. The van der Waals surface area contributed by atoms with E-state index in [1.54, 1.807) is 25.0 Å². The van der Waals surface area contributed by atoms with Gasteiger partial charge in [0.1, 0.15) is 11.5 Å². The van der Waals surface area contributed by atoms with Crippen molar-refractivity contribution in [3.8, 4) is 22.9 Å². The van der Waals surface area contributed by atoms with Crippen LogP contribution in [-0.4, -0.2) is 30.1 Å². The minimum Gasteiger partial charge on any atom is -0.493 e. The molecule has 0 saturated heterocycles. The summed E-state index contributed by atoms with van der Waals surface area (Å²) >= 11 is 0. The number of methoxy groups -OCH3 is 2. The van der Waals surface area contributed by atoms with E-state index < -0.39 is 0 Å². The Hall–Kier alpha value is -2.30. The molecule has 0 radical (unpaired) electrons. The van der Waals surface area contributed by atoms with E-state index >= 15 is 0 Å². The molecule has 0 spiro atoms. The quantitative estimate of drug-likeness (QED) is 0.773. The number of aryl methyl sites for hydroxylation is 1. The largest absolute Gasteiger partial charge is 0.493 e. The molecule has 0 N–H and O–H groups in total. The highest BCUT2D eigenvalue weighted by Crippen LogP contribution is 2.31. The van der Waals surface area contributed by atoms with Gasteiger partial charge in [-0.05, 0) is 18.2 Å². The second-order valence-electron chi connectivity index (χ2n) is 3.79. The predicted octanol–water partition coefficient (Wildman–Crippen LogP) is 1.92. The lowest BCUT2D eigenvalue weighted by Gasteiger charge is -2.09. The number of carbonyl (C=O) groups is 1. The summed E-state index contributed by atoms with van der Waals surface area (Å²) in [6, 6.07) is 5.51. The van der Waals surface area contributed by atoms with Gasteiger partial charge in [0, 0.05) is 18.8 Å². The topological polar surface area (TPSA) is 53.3 Å². The Balaban J connectivity index is 2.50. The van der Waals surface area contributed by atoms with E-state index in [1.807, 2.05) is 25.2 Å². The Kier molecular flexibility index (Phi) is 3.32. The lowest BCUT2D eigenvalue weighted by Crippen LogP contribution is -1.94. The summed E-state index contributed by atoms with van der Waals surface area (Å²) in [6.07, 6.45) is 2.41. The number of aromatic nitrogens is 2. The summed E-state index contributed by atoms with van der Waals surface area (Å²) in [5, 5.41) is 0. The summed E-state index contributed by atoms with van der Waals surface area (Å²) < 4.78 is 12.2. The number of benzene rings is 1. The lowest BCUT2D eigenvalue weighted by molar-refractivity contribution is 0.111. The first kappa shape index (κ1) is 12.2. The van der Waals surface area contributed by atoms with Crippen LogP contribution in [0.3, 0.4) is 0 Å². The molecule has 0 amide bonds. The van der Waals surface area contributed by atoms with Crippen LogP contribution in [0.1, 0.15) is 10.5 Å². The van der Waals surface area contributed by atoms with Crippen molar-refractivity contribution in [3.63, 3.8) is 0 Å². The first-order valence-corrected chi connectivity index (χ1v) is 5.40. The molecule has 0 saturated carbocycles. The first-order chi connectivity index (χ1) is 8.69. The fraction of sp³-hybridized carbons (Fsp3) is 0.231. The van der Waals surface area contributed by atoms with Gasteiger partial charge in [0.15, 0.2) is 17.8 Å². The van der Waals surface area contributed by atoms with Crippen LogP contribution in [0.15, 0.2) is 24.4 Å². The standard InChI is InChI=1S/C13H14N2O3/c1-15-7-10(8-16)14-13(15)9-4-5-11(17-2)12(6-9)18-3/h4-8H,1-3H3. The molecule has 18 heavy (non-hydrogen) atoms. The van der Waals surface area contributed by atoms with Gasteiger partial charge < -0.3 is 14.0 Å². The third-order valence-corrected chi connectivity index (χ3v) is 2.66. The molecule has 0 aliphatic rings. The number of aldehydes is 1. The maximum atomic E-state index is 10.7. The monoisotopic (exact) mass is 246 g/mol. The van der Waals surface area contributed by atoms with Crippen molar-refractivity contribution in [1.29, 1.82) is 0 Å². The van der Waals surface area contributed by atoms with Crippen LogP contribution in [0.5, 0.6) is 11.5 Å². The van der Waals surface area contributed by atoms with Gasteiger partial charge in [0.05, 0.1) is 14.2 Å². The van der Waals surface area contributed by atoms with Crippen molar-refractivity contribution in [1.82, 2.24) is 9.55 Å². The molecule has 0 fully saturated rings. The van der Waals surface area contributed by atoms with E-state index in [9.17, 15) is 4.79 Å². The zero-order valence-electron chi connectivity index (χ0n) is 10.5. The van der Waals surface area contributed by atoms with Crippen molar-refractivity contribution in [2.45, 2.75) is 0 Å². The summed E-state index contributed by atoms with van der Waals surface area (Å²) in [5.74, 6) is 2.00. The van der Waals surface area contributed by atoms with E-state index in [-0.39, 0.29) is 0 Å². The average Bonchev–Trinajstić information content (AvgIpc) is 2.79. The minimum absolute atomic E-state index is 0.405. The van der Waals surface area contributed by atoms with E-state index in [4.69, 9.17) is 9.47 Å². The smallest absolute Gasteiger partial charge is 0.170 e. The molecule has 0 aliphatic heterocycles. The number of hydrogen-bond acceptors (Lipinski definition) is 4. The average molecular weight is 246 g/mol. The second kappa shape index (κ2) is 4.91. The van der Waals surface area contributed by atoms with E-state index in [2.05, 4.69) is 4.98 Å². The fourth-order valence-corrected chi connectivity index (χ4v) is 1.79. The van der Waals surface area contributed by atoms with Gasteiger partial charge >= 0.3 is 0 Å². The highest BCUT2D eigenvalue weighted by atomic mass is 16.5. The van der Waals surface area contributed by atoms with Crippen LogP contribution in [-0.2, 0) is 7.05 Å². The molecule has 1 aromatic heterocycles. The molecular formula is C13H14N2O3. The van der Waals surface area contributed by atoms with Crippen LogP contribution < -0.4 is 9.47 Å². The number of carbonyl (C=O) groups excluding carboxylic acids is 1. The maximum Gasteiger partial charge on any atom is 0.170 e. The second-order valence-corrected chi connectivity index (χ2v) is 3.79. The molecule has 2 aromatic rings. The van der Waals surface area contributed by atoms with Crippen LogP contribution in [0, 0.1) is 0 Å². The van der Waals surface area contributed by atoms with Gasteiger partial charge in [0.25, 0.3) is 0 Å². The minimum atomic E-state index is 0.405. The van der Waals surface area contributed by atoms with Gasteiger partial charge in [-0.3, -0.25) is 4.79 Å². The molecule has 5 nitrogen and oxygen atoms in total. The molecule has 5 heteroatoms. The Labute approximate surface area is 105 Å². The zero-order chi connectivity index (χ0) is 13.1. The molecular weight excluding hydrogens is 232 g/mol. The Morgan fingerprint density at radius 1 is 1.22 bits per heavy atom. The number of imidazole rings is 1. The third-order valence-electron chi connectivity index (χ3n) is 2.66. The summed E-state index contributed by atoms with van der Waals surface area (Å²) in [6.45, 7) is 0. The van der Waals surface area contributed by atoms with Gasteiger partial charge in [-0.25, -0.2) is 4.98 Å². The zero-order valence-corrected chi connectivity index (χ0v) is 10.5. The molecule has 2 rings (SSSR count). The highest BCUT2D eigenvalue weighted by molar-refractivity contribution is 5.74. The van der Waals surface area contributed by atoms with E-state index in [0.717, 1.165) is 11.8 Å². The van der Waals surface area contributed by atoms with E-state index in [0.29, 0.717) is 23.0 Å². The maximum absolute atomic E-state index is 10.7. The fourth-order valence-electron chi connectivity index (χ4n) is 1.79. The Morgan fingerprint density at radius 2 is 1.94 bits per heavy atom. The van der Waals surface area contributed by atoms with Gasteiger partial charge in [-0.2, -0.15) is 0 Å². The van der Waals surface area contributed by atoms with Crippen molar-refractivity contribution in [3.05, 3.63) is 30.1 Å². The molecule has 0 atom stereocenters. The summed E-state index contributed by atoms with van der Waals surface area (Å²) in [4.78, 5) is 14.9. The van der Waals surface area contributed by atoms with Crippen molar-refractivity contribution >= 4 is 6.29 Å². The van der Waals surface area contributed by atoms with Crippen molar-refractivity contribution in [2.75, 3.05) is 14.2 Å². The Bertz CT molecular complexity index is 576. The number of ether oxygens (including phenoxy) is 2. The lowest BCUT2D eigenvalue weighted by atomic mass is 10.2. The molecule has 0 bridgehead atoms.